The standard InChI is InChI=1S/C83H162O17P2/c1-9-76(8)62-54-46-41-42-48-56-64-81(86)94-70-79(100-83(88)65-57-49-39-33-27-20-16-18-24-30-36-44-52-60-74(4)5)72-98-102(91,92)96-68-77(84)67-95-101(89,90)97-71-78(99-82(87)66-58-50-40-34-28-22-21-25-31-37-45-53-61-75(6)7)69-93-80(85)63-55-47-38-32-26-19-15-13-11-10-12-14-17-23-29-35-43-51-59-73(2)3/h73-79,84H,9-72H2,1-8H3,(H,89,90)(H,91,92)/t76?,77-,78-,79-/m1/s1. The third-order valence-corrected chi connectivity index (χ3v) is 21.6. The largest absolute Gasteiger partial charge is 0.472 e. The van der Waals surface area contributed by atoms with E-state index in [2.05, 4.69) is 55.4 Å². The maximum absolute atomic E-state index is 13.1. The molecule has 0 saturated carbocycles. The van der Waals surface area contributed by atoms with Gasteiger partial charge in [-0.05, 0) is 49.4 Å². The van der Waals surface area contributed by atoms with Gasteiger partial charge in [0.1, 0.15) is 19.3 Å². The Labute approximate surface area is 626 Å². The van der Waals surface area contributed by atoms with Gasteiger partial charge < -0.3 is 33.8 Å². The van der Waals surface area contributed by atoms with Crippen LogP contribution >= 0.6 is 15.6 Å². The summed E-state index contributed by atoms with van der Waals surface area (Å²) in [7, 11) is -9.92. The maximum atomic E-state index is 13.1. The molecule has 0 fully saturated rings. The van der Waals surface area contributed by atoms with Gasteiger partial charge in [0.2, 0.25) is 0 Å². The van der Waals surface area contributed by atoms with Crippen LogP contribution in [0, 0.1) is 23.7 Å². The summed E-state index contributed by atoms with van der Waals surface area (Å²) in [6.07, 6.45) is 59.7. The summed E-state index contributed by atoms with van der Waals surface area (Å²) < 4.78 is 68.8. The Morgan fingerprint density at radius 1 is 0.275 bits per heavy atom. The van der Waals surface area contributed by atoms with Crippen LogP contribution < -0.4 is 0 Å². The van der Waals surface area contributed by atoms with Gasteiger partial charge in [-0.25, -0.2) is 9.13 Å². The molecule has 17 nitrogen and oxygen atoms in total. The molecule has 3 unspecified atom stereocenters. The van der Waals surface area contributed by atoms with Crippen LogP contribution in [0.3, 0.4) is 0 Å². The molecule has 0 amide bonds. The van der Waals surface area contributed by atoms with Gasteiger partial charge in [0.15, 0.2) is 12.2 Å². The fourth-order valence-corrected chi connectivity index (χ4v) is 14.3. The van der Waals surface area contributed by atoms with E-state index < -0.39 is 97.5 Å². The Bertz CT molecular complexity index is 1990. The molecule has 102 heavy (non-hydrogen) atoms. The monoisotopic (exact) mass is 1490 g/mol. The normalized spacial score (nSPS) is 14.3. The van der Waals surface area contributed by atoms with Crippen LogP contribution in [0.2, 0.25) is 0 Å². The minimum atomic E-state index is -4.96. The van der Waals surface area contributed by atoms with Crippen molar-refractivity contribution in [3.05, 3.63) is 0 Å². The first-order valence-corrected chi connectivity index (χ1v) is 45.7. The highest BCUT2D eigenvalue weighted by molar-refractivity contribution is 7.47. The third-order valence-electron chi connectivity index (χ3n) is 19.7. The molecule has 6 atom stereocenters. The Balaban J connectivity index is 5.22. The zero-order chi connectivity index (χ0) is 75.3. The Hall–Kier alpha value is -1.94. The summed E-state index contributed by atoms with van der Waals surface area (Å²) in [4.78, 5) is 73.1. The lowest BCUT2D eigenvalue weighted by atomic mass is 10.00. The van der Waals surface area contributed by atoms with Crippen molar-refractivity contribution in [1.29, 1.82) is 0 Å². The number of carbonyl (C=O) groups excluding carboxylic acids is 4. The van der Waals surface area contributed by atoms with Crippen LogP contribution in [0.15, 0.2) is 0 Å². The zero-order valence-electron chi connectivity index (χ0n) is 67.2. The maximum Gasteiger partial charge on any atom is 0.472 e. The molecule has 0 heterocycles. The molecule has 0 aliphatic heterocycles. The summed E-state index contributed by atoms with van der Waals surface area (Å²) >= 11 is 0. The quantitative estimate of drug-likeness (QED) is 0.0222. The minimum absolute atomic E-state index is 0.106. The molecule has 19 heteroatoms. The van der Waals surface area contributed by atoms with Crippen molar-refractivity contribution in [1.82, 2.24) is 0 Å². The number of ether oxygens (including phenoxy) is 4. The van der Waals surface area contributed by atoms with Crippen molar-refractivity contribution in [3.8, 4) is 0 Å². The van der Waals surface area contributed by atoms with Crippen molar-refractivity contribution in [2.24, 2.45) is 23.7 Å². The molecule has 0 saturated heterocycles. The van der Waals surface area contributed by atoms with Gasteiger partial charge in [-0.2, -0.15) is 0 Å². The second kappa shape index (κ2) is 72.0. The molecular formula is C83H162O17P2. The smallest absolute Gasteiger partial charge is 0.462 e. The SMILES string of the molecule is CCC(C)CCCCCCCCC(=O)OC[C@H](COP(=O)(O)OC[C@H](O)COP(=O)(O)OC[C@@H](COC(=O)CCCCCCCCCCCCCCCCCCCCC(C)C)OC(=O)CCCCCCCCCCCCCCC(C)C)OC(=O)CCCCCCCCCCCCCCCC(C)C. The van der Waals surface area contributed by atoms with Gasteiger partial charge >= 0.3 is 39.5 Å². The van der Waals surface area contributed by atoms with Crippen molar-refractivity contribution in [2.75, 3.05) is 39.6 Å². The fourth-order valence-electron chi connectivity index (χ4n) is 12.8. The number of hydrogen-bond acceptors (Lipinski definition) is 15. The van der Waals surface area contributed by atoms with E-state index in [1.807, 2.05) is 0 Å². The van der Waals surface area contributed by atoms with Crippen LogP contribution in [0.5, 0.6) is 0 Å². The van der Waals surface area contributed by atoms with Gasteiger partial charge in [0, 0.05) is 25.7 Å². The summed E-state index contributed by atoms with van der Waals surface area (Å²) in [6, 6.07) is 0. The molecule has 0 aromatic carbocycles. The van der Waals surface area contributed by atoms with E-state index in [4.69, 9.17) is 37.0 Å². The topological polar surface area (TPSA) is 237 Å². The molecule has 3 N–H and O–H groups in total. The Kier molecular flexibility index (Phi) is 70.6. The fraction of sp³-hybridized carbons (Fsp3) is 0.952. The lowest BCUT2D eigenvalue weighted by Crippen LogP contribution is -2.30. The molecule has 0 aromatic rings. The first-order chi connectivity index (χ1) is 49.1. The molecular weight excluding hydrogens is 1330 g/mol. The second-order valence-electron chi connectivity index (χ2n) is 31.5. The minimum Gasteiger partial charge on any atom is -0.462 e. The van der Waals surface area contributed by atoms with Crippen molar-refractivity contribution >= 4 is 39.5 Å². The highest BCUT2D eigenvalue weighted by Crippen LogP contribution is 2.45. The Morgan fingerprint density at radius 2 is 0.471 bits per heavy atom. The lowest BCUT2D eigenvalue weighted by Gasteiger charge is -2.21. The summed E-state index contributed by atoms with van der Waals surface area (Å²) in [6.45, 7) is 14.3. The van der Waals surface area contributed by atoms with Gasteiger partial charge in [-0.3, -0.25) is 37.3 Å². The van der Waals surface area contributed by atoms with E-state index in [1.165, 1.54) is 225 Å². The molecule has 0 aliphatic rings. The average Bonchev–Trinajstić information content (AvgIpc) is 0.908. The van der Waals surface area contributed by atoms with Crippen molar-refractivity contribution in [2.45, 2.75) is 446 Å². The molecule has 0 radical (unpaired) electrons. The van der Waals surface area contributed by atoms with E-state index in [0.29, 0.717) is 25.7 Å². The van der Waals surface area contributed by atoms with Gasteiger partial charge in [0.25, 0.3) is 0 Å². The predicted molar refractivity (Wildman–Crippen MR) is 418 cm³/mol. The van der Waals surface area contributed by atoms with E-state index >= 15 is 0 Å². The number of aliphatic hydroxyl groups is 1. The van der Waals surface area contributed by atoms with E-state index in [-0.39, 0.29) is 25.7 Å². The number of esters is 4. The van der Waals surface area contributed by atoms with Crippen LogP contribution in [0.25, 0.3) is 0 Å². The number of phosphoric acid groups is 2. The van der Waals surface area contributed by atoms with E-state index in [9.17, 15) is 43.2 Å². The molecule has 0 aromatic heterocycles. The van der Waals surface area contributed by atoms with Gasteiger partial charge in [0.05, 0.1) is 26.4 Å². The van der Waals surface area contributed by atoms with Crippen LogP contribution in [0.4, 0.5) is 0 Å². The highest BCUT2D eigenvalue weighted by Gasteiger charge is 2.30. The molecule has 0 aliphatic carbocycles. The lowest BCUT2D eigenvalue weighted by molar-refractivity contribution is -0.161. The highest BCUT2D eigenvalue weighted by atomic mass is 31.2. The average molecular weight is 1490 g/mol. The number of aliphatic hydroxyl groups excluding tert-OH is 1. The van der Waals surface area contributed by atoms with Crippen LogP contribution in [0.1, 0.15) is 428 Å². The zero-order valence-corrected chi connectivity index (χ0v) is 69.0. The van der Waals surface area contributed by atoms with Crippen molar-refractivity contribution in [3.63, 3.8) is 0 Å². The number of hydrogen-bond donors (Lipinski definition) is 3. The van der Waals surface area contributed by atoms with E-state index in [1.54, 1.807) is 0 Å². The Morgan fingerprint density at radius 3 is 0.696 bits per heavy atom. The second-order valence-corrected chi connectivity index (χ2v) is 34.4. The molecule has 0 bridgehead atoms. The van der Waals surface area contributed by atoms with Crippen molar-refractivity contribution < 1.29 is 80.2 Å². The number of unbranched alkanes of at least 4 members (excludes halogenated alkanes) is 45. The summed E-state index contributed by atoms with van der Waals surface area (Å²) in [5, 5.41) is 10.7. The number of carbonyl (C=O) groups is 4. The van der Waals surface area contributed by atoms with Crippen LogP contribution in [-0.2, 0) is 65.4 Å². The van der Waals surface area contributed by atoms with Crippen LogP contribution in [-0.4, -0.2) is 96.7 Å². The first kappa shape index (κ1) is 100. The summed E-state index contributed by atoms with van der Waals surface area (Å²) in [5.74, 6) is 1.00. The molecule has 0 rings (SSSR count). The third kappa shape index (κ3) is 74.9. The van der Waals surface area contributed by atoms with Gasteiger partial charge in [-0.15, -0.1) is 0 Å². The number of rotatable bonds is 80. The van der Waals surface area contributed by atoms with E-state index in [0.717, 1.165) is 120 Å². The summed E-state index contributed by atoms with van der Waals surface area (Å²) in [5.41, 5.74) is 0. The molecule has 606 valence electrons. The van der Waals surface area contributed by atoms with Gasteiger partial charge in [-0.1, -0.05) is 376 Å². The number of phosphoric ester groups is 2. The first-order valence-electron chi connectivity index (χ1n) is 42.7. The predicted octanol–water partition coefficient (Wildman–Crippen LogP) is 24.8. The molecule has 0 spiro atoms.